The summed E-state index contributed by atoms with van der Waals surface area (Å²) in [5, 5.41) is 34.2. The van der Waals surface area contributed by atoms with Crippen LogP contribution in [0.2, 0.25) is 0 Å². The zero-order valence-electron chi connectivity index (χ0n) is 16.6. The van der Waals surface area contributed by atoms with Crippen molar-refractivity contribution in [2.45, 2.75) is 14.4 Å². The summed E-state index contributed by atoms with van der Waals surface area (Å²) in [6.07, 6.45) is 1.36. The predicted molar refractivity (Wildman–Crippen MR) is 126 cm³/mol. The molecule has 32 heavy (non-hydrogen) atoms. The minimum atomic E-state index is -0.461. The minimum Gasteiger partial charge on any atom is -0.870 e. The van der Waals surface area contributed by atoms with Gasteiger partial charge >= 0.3 is 4.34 Å². The number of aromatic amines is 1. The monoisotopic (exact) mass is 482 g/mol. The third-order valence-corrected chi connectivity index (χ3v) is 7.67. The quantitative estimate of drug-likeness (QED) is 0.226. The van der Waals surface area contributed by atoms with Gasteiger partial charge in [-0.25, -0.2) is 5.43 Å². The number of phenols is 1. The molecule has 3 aromatic carbocycles. The second-order valence-corrected chi connectivity index (χ2v) is 10.1. The third-order valence-electron chi connectivity index (χ3n) is 4.37. The molecule has 0 fully saturated rings. The number of hydrogen-bond donors (Lipinski definition) is 2. The number of aromatic nitrogens is 2. The number of thioether (sulfide) groups is 2. The van der Waals surface area contributed by atoms with Crippen molar-refractivity contribution in [3.63, 3.8) is 0 Å². The number of amides is 1. The van der Waals surface area contributed by atoms with Gasteiger partial charge in [-0.15, -0.1) is 0 Å². The molecule has 0 bridgehead atoms. The highest BCUT2D eigenvalue weighted by Crippen LogP contribution is 2.30. The number of carbonyl (C=O) groups excluding carboxylic acids is 1. The molecule has 0 spiro atoms. The van der Waals surface area contributed by atoms with E-state index in [0.717, 1.165) is 14.4 Å². The summed E-state index contributed by atoms with van der Waals surface area (Å²) < 4.78 is 1.74. The number of carbonyl (C=O) groups is 1. The molecule has 0 saturated heterocycles. The van der Waals surface area contributed by atoms with Gasteiger partial charge in [0.05, 0.1) is 12.0 Å². The fraction of sp³-hybridized carbons (Fsp3) is 0.0909. The molecule has 0 unspecified atom stereocenters. The van der Waals surface area contributed by atoms with E-state index >= 15 is 0 Å². The molecule has 0 saturated carbocycles. The van der Waals surface area contributed by atoms with Crippen molar-refractivity contribution in [1.29, 1.82) is 0 Å². The molecule has 7 nitrogen and oxygen atoms in total. The van der Waals surface area contributed by atoms with Gasteiger partial charge in [0.1, 0.15) is 5.75 Å². The van der Waals surface area contributed by atoms with Crippen LogP contribution in [-0.4, -0.2) is 28.1 Å². The molecule has 0 aliphatic heterocycles. The highest BCUT2D eigenvalue weighted by Gasteiger charge is 2.14. The van der Waals surface area contributed by atoms with Crippen LogP contribution in [0.4, 0.5) is 0 Å². The maximum Gasteiger partial charge on any atom is 0.323 e. The normalized spacial score (nSPS) is 11.2. The molecule has 10 heteroatoms. The Labute approximate surface area is 196 Å². The van der Waals surface area contributed by atoms with E-state index < -0.39 is 5.75 Å². The number of rotatable bonds is 8. The molecule has 4 aromatic rings. The first-order chi connectivity index (χ1) is 15.6. The fourth-order valence-corrected chi connectivity index (χ4v) is 5.74. The van der Waals surface area contributed by atoms with Crippen molar-refractivity contribution in [1.82, 2.24) is 10.5 Å². The van der Waals surface area contributed by atoms with Gasteiger partial charge in [0.25, 0.3) is 5.91 Å². The van der Waals surface area contributed by atoms with Crippen LogP contribution < -0.4 is 15.6 Å². The topological polar surface area (TPSA) is 112 Å². The zero-order valence-corrected chi connectivity index (χ0v) is 19.1. The Hall–Kier alpha value is -3.08. The smallest absolute Gasteiger partial charge is 0.323 e. The summed E-state index contributed by atoms with van der Waals surface area (Å²) >= 11 is 4.50. The van der Waals surface area contributed by atoms with Gasteiger partial charge in [0, 0.05) is 10.9 Å². The molecule has 0 radical (unpaired) electrons. The van der Waals surface area contributed by atoms with Crippen LogP contribution in [0.3, 0.4) is 0 Å². The van der Waals surface area contributed by atoms with Gasteiger partial charge in [0.15, 0.2) is 0 Å². The van der Waals surface area contributed by atoms with Gasteiger partial charge in [-0.1, -0.05) is 77.2 Å². The summed E-state index contributed by atoms with van der Waals surface area (Å²) in [6, 6.07) is 18.7. The molecule has 0 atom stereocenters. The number of hydrazone groups is 1. The van der Waals surface area contributed by atoms with Crippen molar-refractivity contribution in [3.05, 3.63) is 71.8 Å². The molecular weight excluding hydrogens is 464 g/mol. The molecule has 162 valence electrons. The van der Waals surface area contributed by atoms with E-state index in [2.05, 4.69) is 51.1 Å². The Bertz CT molecular complexity index is 1270. The van der Waals surface area contributed by atoms with Gasteiger partial charge in [-0.05, 0) is 51.1 Å². The van der Waals surface area contributed by atoms with Crippen molar-refractivity contribution in [3.8, 4) is 11.5 Å². The first-order valence-corrected chi connectivity index (χ1v) is 12.3. The van der Waals surface area contributed by atoms with E-state index in [1.54, 1.807) is 11.8 Å². The van der Waals surface area contributed by atoms with Crippen LogP contribution in [0.15, 0.2) is 74.4 Å². The Kier molecular flexibility index (Phi) is 7.25. The molecule has 0 aliphatic carbocycles. The van der Waals surface area contributed by atoms with Crippen LogP contribution in [0, 0.1) is 0 Å². The second-order valence-electron chi connectivity index (χ2n) is 6.61. The molecule has 1 amide bonds. The number of hydrogen-bond acceptors (Lipinski definition) is 8. The Morgan fingerprint density at radius 2 is 2.03 bits per heavy atom. The zero-order chi connectivity index (χ0) is 22.3. The highest BCUT2D eigenvalue weighted by molar-refractivity contribution is 8.03. The van der Waals surface area contributed by atoms with Crippen molar-refractivity contribution >= 4 is 57.8 Å². The molecule has 1 heterocycles. The highest BCUT2D eigenvalue weighted by atomic mass is 32.2. The maximum absolute atomic E-state index is 12.0. The number of aromatic hydroxyl groups is 1. The second kappa shape index (κ2) is 10.5. The van der Waals surface area contributed by atoms with Crippen LogP contribution in [0.1, 0.15) is 11.1 Å². The predicted octanol–water partition coefficient (Wildman–Crippen LogP) is 3.42. The first-order valence-electron chi connectivity index (χ1n) is 9.51. The molecular formula is C22H18N4O3S3. The number of H-pyrrole nitrogens is 1. The first kappa shape index (κ1) is 22.1. The van der Waals surface area contributed by atoms with Gasteiger partial charge in [-0.3, -0.25) is 4.79 Å². The average molecular weight is 483 g/mol. The number of fused-ring (bicyclic) bond motifs is 1. The molecule has 3 N–H and O–H groups in total. The lowest BCUT2D eigenvalue weighted by molar-refractivity contribution is -0.492. The lowest BCUT2D eigenvalue weighted by Crippen LogP contribution is -2.19. The average Bonchev–Trinajstić information content (AvgIpc) is 3.26. The summed E-state index contributed by atoms with van der Waals surface area (Å²) in [5.41, 5.74) is 4.19. The number of benzene rings is 3. The van der Waals surface area contributed by atoms with Crippen molar-refractivity contribution in [2.24, 2.45) is 5.10 Å². The van der Waals surface area contributed by atoms with E-state index in [1.165, 1.54) is 63.8 Å². The van der Waals surface area contributed by atoms with Gasteiger partial charge in [0.2, 0.25) is 4.34 Å². The van der Waals surface area contributed by atoms with Crippen LogP contribution in [-0.2, 0) is 10.5 Å². The standard InChI is InChI=1S/C22H18N4O3S3/c27-18-9-8-14(10-19(18)28)11-23-24-20(29)13-31-22-26-25-21(32-22)30-12-16-6-3-5-15-4-1-2-7-17(15)16/h1-11,27-28H,12-13H2,(H,24,29). The van der Waals surface area contributed by atoms with Crippen molar-refractivity contribution in [2.75, 3.05) is 5.75 Å². The van der Waals surface area contributed by atoms with Crippen molar-refractivity contribution < 1.29 is 20.1 Å². The van der Waals surface area contributed by atoms with Gasteiger partial charge < -0.3 is 10.2 Å². The summed E-state index contributed by atoms with van der Waals surface area (Å²) in [7, 11) is 0. The van der Waals surface area contributed by atoms with Crippen LogP contribution in [0.5, 0.6) is 11.5 Å². The van der Waals surface area contributed by atoms with E-state index in [1.807, 2.05) is 12.1 Å². The lowest BCUT2D eigenvalue weighted by atomic mass is 10.1. The number of phenolic OH excluding ortho intramolecular Hbond substituents is 1. The Balaban J connectivity index is 1.25. The summed E-state index contributed by atoms with van der Waals surface area (Å²) in [5.74, 6) is -0.113. The summed E-state index contributed by atoms with van der Waals surface area (Å²) in [6.45, 7) is 0. The molecule has 4 rings (SSSR count). The minimum absolute atomic E-state index is 0.164. The Morgan fingerprint density at radius 1 is 1.19 bits per heavy atom. The largest absolute Gasteiger partial charge is 0.870 e. The van der Waals surface area contributed by atoms with Crippen LogP contribution in [0.25, 0.3) is 10.8 Å². The third kappa shape index (κ3) is 5.78. The van der Waals surface area contributed by atoms with Gasteiger partial charge in [-0.2, -0.15) is 5.10 Å². The number of nitrogens with zero attached hydrogens (tertiary/aromatic N) is 2. The van der Waals surface area contributed by atoms with E-state index in [-0.39, 0.29) is 17.4 Å². The van der Waals surface area contributed by atoms with E-state index in [0.29, 0.717) is 5.56 Å². The number of nitrogens with one attached hydrogen (secondary N) is 2. The molecule has 0 aliphatic rings. The van der Waals surface area contributed by atoms with E-state index in [9.17, 15) is 15.0 Å². The van der Waals surface area contributed by atoms with E-state index in [4.69, 9.17) is 0 Å². The lowest BCUT2D eigenvalue weighted by Gasteiger charge is -2.07. The fourth-order valence-electron chi connectivity index (χ4n) is 2.85. The maximum atomic E-state index is 12.0. The summed E-state index contributed by atoms with van der Waals surface area (Å²) in [4.78, 5) is 12.0. The SMILES string of the molecule is O=C(CSc1n[nH+]c(SCc2cccc3ccccc23)s1)NN=Cc1ccc([O-])c(O)c1. The Morgan fingerprint density at radius 3 is 2.91 bits per heavy atom. The molecule has 1 aromatic heterocycles. The van der Waals surface area contributed by atoms with Crippen LogP contribution >= 0.6 is 34.9 Å².